The Bertz CT molecular complexity index is 646. The molecule has 3 rings (SSSR count). The molecule has 22 heavy (non-hydrogen) atoms. The minimum absolute atomic E-state index is 0.0752. The van der Waals surface area contributed by atoms with Crippen molar-refractivity contribution in [2.45, 2.75) is 42.9 Å². The molecule has 2 heterocycles. The number of aryl methyl sites for hydroxylation is 2. The fourth-order valence-electron chi connectivity index (χ4n) is 3.36. The molecule has 0 aromatic heterocycles. The van der Waals surface area contributed by atoms with Crippen LogP contribution >= 0.6 is 11.8 Å². The lowest BCUT2D eigenvalue weighted by Crippen LogP contribution is -2.60. The molecule has 0 aliphatic carbocycles. The SMILES string of the molecule is CCO[C@@H]1CSC2(C1)CN(S(=O)(=O)c1cc(C)cc(C)c1)C2. The minimum Gasteiger partial charge on any atom is -0.378 e. The molecule has 0 saturated carbocycles. The Morgan fingerprint density at radius 3 is 2.50 bits per heavy atom. The maximum atomic E-state index is 12.8. The smallest absolute Gasteiger partial charge is 0.243 e. The summed E-state index contributed by atoms with van der Waals surface area (Å²) >= 11 is 1.87. The van der Waals surface area contributed by atoms with E-state index in [9.17, 15) is 8.42 Å². The van der Waals surface area contributed by atoms with E-state index in [0.29, 0.717) is 18.0 Å². The molecular weight excluding hydrogens is 318 g/mol. The van der Waals surface area contributed by atoms with Crippen LogP contribution in [0.3, 0.4) is 0 Å². The van der Waals surface area contributed by atoms with Crippen molar-refractivity contribution in [3.63, 3.8) is 0 Å². The molecule has 1 aromatic carbocycles. The summed E-state index contributed by atoms with van der Waals surface area (Å²) in [5, 5.41) is 0. The quantitative estimate of drug-likeness (QED) is 0.844. The van der Waals surface area contributed by atoms with Crippen molar-refractivity contribution in [1.29, 1.82) is 0 Å². The number of hydrogen-bond donors (Lipinski definition) is 0. The molecule has 122 valence electrons. The molecule has 4 nitrogen and oxygen atoms in total. The van der Waals surface area contributed by atoms with Gasteiger partial charge in [-0.05, 0) is 50.5 Å². The zero-order valence-electron chi connectivity index (χ0n) is 13.3. The van der Waals surface area contributed by atoms with Crippen molar-refractivity contribution < 1.29 is 13.2 Å². The normalized spacial score (nSPS) is 24.6. The Kier molecular flexibility index (Phi) is 4.31. The summed E-state index contributed by atoms with van der Waals surface area (Å²) in [6, 6.07) is 5.52. The molecule has 1 atom stereocenters. The standard InChI is InChI=1S/C16H23NO3S2/c1-4-20-14-8-16(21-9-14)10-17(11-16)22(18,19)15-6-12(2)5-13(3)7-15/h5-7,14H,4,8-11H2,1-3H3/t14-/m0/s1. The second-order valence-corrected chi connectivity index (χ2v) is 9.80. The highest BCUT2D eigenvalue weighted by Gasteiger charge is 2.53. The van der Waals surface area contributed by atoms with Gasteiger partial charge in [-0.25, -0.2) is 8.42 Å². The van der Waals surface area contributed by atoms with Crippen molar-refractivity contribution in [2.75, 3.05) is 25.4 Å². The maximum absolute atomic E-state index is 12.8. The molecule has 0 unspecified atom stereocenters. The monoisotopic (exact) mass is 341 g/mol. The van der Waals surface area contributed by atoms with E-state index in [-0.39, 0.29) is 10.9 Å². The number of rotatable bonds is 4. The van der Waals surface area contributed by atoms with Crippen LogP contribution in [0.4, 0.5) is 0 Å². The average molecular weight is 341 g/mol. The van der Waals surface area contributed by atoms with Crippen LogP contribution in [0.25, 0.3) is 0 Å². The molecule has 1 aromatic rings. The Labute approximate surface area is 137 Å². The topological polar surface area (TPSA) is 46.6 Å². The highest BCUT2D eigenvalue weighted by atomic mass is 32.2. The van der Waals surface area contributed by atoms with E-state index in [4.69, 9.17) is 4.74 Å². The van der Waals surface area contributed by atoms with E-state index < -0.39 is 10.0 Å². The van der Waals surface area contributed by atoms with Crippen molar-refractivity contribution in [1.82, 2.24) is 4.31 Å². The van der Waals surface area contributed by atoms with Crippen LogP contribution in [0.15, 0.2) is 23.1 Å². The van der Waals surface area contributed by atoms with Crippen molar-refractivity contribution in [3.8, 4) is 0 Å². The minimum atomic E-state index is -3.36. The molecule has 0 bridgehead atoms. The number of benzene rings is 1. The number of sulfonamides is 1. The van der Waals surface area contributed by atoms with E-state index in [0.717, 1.165) is 29.9 Å². The van der Waals surface area contributed by atoms with Crippen molar-refractivity contribution in [2.24, 2.45) is 0 Å². The Balaban J connectivity index is 1.72. The Morgan fingerprint density at radius 1 is 1.27 bits per heavy atom. The lowest BCUT2D eigenvalue weighted by molar-refractivity contribution is 0.0598. The fourth-order valence-corrected chi connectivity index (χ4v) is 6.88. The summed E-state index contributed by atoms with van der Waals surface area (Å²) < 4.78 is 32.9. The molecule has 6 heteroatoms. The van der Waals surface area contributed by atoms with Gasteiger partial charge in [0.2, 0.25) is 10.0 Å². The molecule has 1 spiro atoms. The Hall–Kier alpha value is -0.560. The second-order valence-electron chi connectivity index (χ2n) is 6.37. The summed E-state index contributed by atoms with van der Waals surface area (Å²) in [6.07, 6.45) is 1.24. The van der Waals surface area contributed by atoms with Gasteiger partial charge in [-0.3, -0.25) is 0 Å². The summed E-state index contributed by atoms with van der Waals surface area (Å²) in [6.45, 7) is 7.82. The van der Waals surface area contributed by atoms with Crippen molar-refractivity contribution in [3.05, 3.63) is 29.3 Å². The van der Waals surface area contributed by atoms with Crippen LogP contribution in [-0.4, -0.2) is 49.0 Å². The average Bonchev–Trinajstić information content (AvgIpc) is 2.80. The molecule has 2 aliphatic heterocycles. The van der Waals surface area contributed by atoms with Gasteiger partial charge in [-0.2, -0.15) is 4.31 Å². The van der Waals surface area contributed by atoms with Crippen LogP contribution in [-0.2, 0) is 14.8 Å². The number of hydrogen-bond acceptors (Lipinski definition) is 4. The lowest BCUT2D eigenvalue weighted by atomic mass is 9.95. The molecule has 0 radical (unpaired) electrons. The third-order valence-electron chi connectivity index (χ3n) is 4.34. The third-order valence-corrected chi connectivity index (χ3v) is 7.68. The number of ether oxygens (including phenoxy) is 1. The van der Waals surface area contributed by atoms with Crippen molar-refractivity contribution >= 4 is 21.8 Å². The van der Waals surface area contributed by atoms with Gasteiger partial charge < -0.3 is 4.74 Å². The Morgan fingerprint density at radius 2 is 1.91 bits per heavy atom. The van der Waals surface area contributed by atoms with Crippen LogP contribution in [0.2, 0.25) is 0 Å². The zero-order chi connectivity index (χ0) is 16.0. The first-order valence-electron chi connectivity index (χ1n) is 7.69. The summed E-state index contributed by atoms with van der Waals surface area (Å²) in [5.41, 5.74) is 1.97. The molecule has 2 aliphatic rings. The predicted molar refractivity (Wildman–Crippen MR) is 89.9 cm³/mol. The van der Waals surface area contributed by atoms with Crippen LogP contribution < -0.4 is 0 Å². The summed E-state index contributed by atoms with van der Waals surface area (Å²) in [4.78, 5) is 0.421. The first kappa shape index (κ1) is 16.3. The van der Waals surface area contributed by atoms with Gasteiger partial charge in [-0.1, -0.05) is 6.07 Å². The van der Waals surface area contributed by atoms with E-state index in [2.05, 4.69) is 0 Å². The fraction of sp³-hybridized carbons (Fsp3) is 0.625. The first-order valence-corrected chi connectivity index (χ1v) is 10.1. The molecule has 2 saturated heterocycles. The van der Waals surface area contributed by atoms with Gasteiger partial charge in [0.25, 0.3) is 0 Å². The van der Waals surface area contributed by atoms with Gasteiger partial charge in [0.15, 0.2) is 0 Å². The molecule has 0 N–H and O–H groups in total. The summed E-state index contributed by atoms with van der Waals surface area (Å²) in [5.74, 6) is 0.977. The number of nitrogens with zero attached hydrogens (tertiary/aromatic N) is 1. The highest BCUT2D eigenvalue weighted by Crippen LogP contribution is 2.47. The first-order chi connectivity index (χ1) is 10.3. The molecule has 0 amide bonds. The van der Waals surface area contributed by atoms with Gasteiger partial charge >= 0.3 is 0 Å². The third kappa shape index (κ3) is 2.94. The highest BCUT2D eigenvalue weighted by molar-refractivity contribution is 8.01. The lowest BCUT2D eigenvalue weighted by Gasteiger charge is -2.46. The largest absolute Gasteiger partial charge is 0.378 e. The van der Waals surface area contributed by atoms with E-state index in [1.807, 2.05) is 38.6 Å². The van der Waals surface area contributed by atoms with Gasteiger partial charge in [0.05, 0.1) is 11.0 Å². The van der Waals surface area contributed by atoms with E-state index >= 15 is 0 Å². The second kappa shape index (κ2) is 5.82. The van der Waals surface area contributed by atoms with Crippen LogP contribution in [0, 0.1) is 13.8 Å². The zero-order valence-corrected chi connectivity index (χ0v) is 15.0. The molecule has 2 fully saturated rings. The molecular formula is C16H23NO3S2. The van der Waals surface area contributed by atoms with Crippen LogP contribution in [0.5, 0.6) is 0 Å². The maximum Gasteiger partial charge on any atom is 0.243 e. The van der Waals surface area contributed by atoms with Gasteiger partial charge in [0.1, 0.15) is 0 Å². The van der Waals surface area contributed by atoms with Gasteiger partial charge in [-0.15, -0.1) is 11.8 Å². The predicted octanol–water partition coefficient (Wildman–Crippen LogP) is 2.59. The number of thioether (sulfide) groups is 1. The van der Waals surface area contributed by atoms with Gasteiger partial charge in [0, 0.05) is 30.2 Å². The summed E-state index contributed by atoms with van der Waals surface area (Å²) in [7, 11) is -3.36. The van der Waals surface area contributed by atoms with E-state index in [1.165, 1.54) is 0 Å². The van der Waals surface area contributed by atoms with Crippen LogP contribution in [0.1, 0.15) is 24.5 Å². The van der Waals surface area contributed by atoms with E-state index in [1.54, 1.807) is 16.4 Å².